The average Bonchev–Trinajstić information content (AvgIpc) is 3.55. The Hall–Kier alpha value is -2.69. The number of hydrogen-bond donors (Lipinski definition) is 0. The summed E-state index contributed by atoms with van der Waals surface area (Å²) in [5, 5.41) is 0. The molecule has 4 atom stereocenters. The number of rotatable bonds is 6. The first-order chi connectivity index (χ1) is 18.3. The Morgan fingerprint density at radius 3 is 2.50 bits per heavy atom. The van der Waals surface area contributed by atoms with Gasteiger partial charge in [0, 0.05) is 37.0 Å². The van der Waals surface area contributed by atoms with Gasteiger partial charge in [-0.1, -0.05) is 24.6 Å². The molecular weight excluding hydrogens is 474 g/mol. The molecule has 1 aromatic carbocycles. The van der Waals surface area contributed by atoms with E-state index in [4.69, 9.17) is 4.74 Å². The Balaban J connectivity index is 1.16. The molecule has 202 valence electrons. The summed E-state index contributed by atoms with van der Waals surface area (Å²) in [7, 11) is 0. The van der Waals surface area contributed by atoms with Gasteiger partial charge in [0.1, 0.15) is 0 Å². The van der Waals surface area contributed by atoms with Gasteiger partial charge in [-0.25, -0.2) is 0 Å². The molecule has 0 bridgehead atoms. The molecule has 38 heavy (non-hydrogen) atoms. The fourth-order valence-corrected chi connectivity index (χ4v) is 8.69. The first kappa shape index (κ1) is 25.6. The standard InChI is InChI=1S/C33H41NO4/c1-22(35)33(38-31(37)14-7-23-5-9-25(10-6-23)34-19-3-4-20-34)18-16-30-29-12-8-24-21-26(36)11-13-27(24)28(29)15-17-32(30,33)2/h5-6,9-10,21,29-30H,3-4,7-8,11-20H2,1-2H3/t29-,30+,32+,33+/m1/s1. The predicted molar refractivity (Wildman–Crippen MR) is 148 cm³/mol. The van der Waals surface area contributed by atoms with E-state index in [1.165, 1.54) is 35.2 Å². The fourth-order valence-electron chi connectivity index (χ4n) is 8.69. The van der Waals surface area contributed by atoms with Crippen LogP contribution in [-0.2, 0) is 25.5 Å². The molecule has 0 N–H and O–H groups in total. The molecule has 5 nitrogen and oxygen atoms in total. The number of aryl methyl sites for hydroxylation is 1. The minimum atomic E-state index is -1.02. The van der Waals surface area contributed by atoms with E-state index in [0.717, 1.165) is 57.2 Å². The monoisotopic (exact) mass is 515 g/mol. The van der Waals surface area contributed by atoms with Crippen molar-refractivity contribution < 1.29 is 19.1 Å². The Morgan fingerprint density at radius 2 is 1.76 bits per heavy atom. The van der Waals surface area contributed by atoms with Gasteiger partial charge in [0.25, 0.3) is 0 Å². The number of hydrogen-bond acceptors (Lipinski definition) is 5. The molecule has 4 aliphatic carbocycles. The normalized spacial score (nSPS) is 32.4. The predicted octanol–water partition coefficient (Wildman–Crippen LogP) is 6.30. The van der Waals surface area contributed by atoms with Gasteiger partial charge >= 0.3 is 5.97 Å². The van der Waals surface area contributed by atoms with Crippen LogP contribution in [0.2, 0.25) is 0 Å². The van der Waals surface area contributed by atoms with Crippen molar-refractivity contribution in [2.24, 2.45) is 17.3 Å². The summed E-state index contributed by atoms with van der Waals surface area (Å²) in [6.07, 6.45) is 12.1. The first-order valence-electron chi connectivity index (χ1n) is 14.8. The zero-order valence-corrected chi connectivity index (χ0v) is 23.0. The van der Waals surface area contributed by atoms with Crippen molar-refractivity contribution in [3.63, 3.8) is 0 Å². The third-order valence-corrected chi connectivity index (χ3v) is 10.7. The zero-order valence-electron chi connectivity index (χ0n) is 23.0. The first-order valence-corrected chi connectivity index (χ1v) is 14.8. The second-order valence-electron chi connectivity index (χ2n) is 12.6. The van der Waals surface area contributed by atoms with E-state index < -0.39 is 5.60 Å². The van der Waals surface area contributed by atoms with Crippen LogP contribution in [0.3, 0.4) is 0 Å². The van der Waals surface area contributed by atoms with Crippen molar-refractivity contribution in [3.05, 3.63) is 52.6 Å². The molecule has 2 saturated carbocycles. The molecule has 1 heterocycles. The van der Waals surface area contributed by atoms with Gasteiger partial charge in [-0.2, -0.15) is 0 Å². The third-order valence-electron chi connectivity index (χ3n) is 10.7. The second kappa shape index (κ2) is 9.81. The number of ketones is 2. The van der Waals surface area contributed by atoms with Crippen LogP contribution in [0.5, 0.6) is 0 Å². The maximum absolute atomic E-state index is 13.3. The highest BCUT2D eigenvalue weighted by atomic mass is 16.6. The molecule has 1 saturated heterocycles. The maximum Gasteiger partial charge on any atom is 0.307 e. The SMILES string of the molecule is CC(=O)[C@@]1(OC(=O)CCc2ccc(N3CCCC3)cc2)CC[C@H]2[C@@H]3CCC4=CC(=O)CCC4=C3CC[C@@]21C. The number of allylic oxidation sites excluding steroid dienone is 4. The van der Waals surface area contributed by atoms with Crippen molar-refractivity contribution in [2.45, 2.75) is 96.5 Å². The Bertz CT molecular complexity index is 1200. The molecule has 0 unspecified atom stereocenters. The van der Waals surface area contributed by atoms with Gasteiger partial charge in [-0.05, 0) is 118 Å². The number of nitrogens with zero attached hydrogens (tertiary/aromatic N) is 1. The van der Waals surface area contributed by atoms with Crippen molar-refractivity contribution in [1.29, 1.82) is 0 Å². The molecular formula is C33H41NO4. The van der Waals surface area contributed by atoms with Gasteiger partial charge in [-0.3, -0.25) is 14.4 Å². The molecule has 3 fully saturated rings. The molecule has 6 rings (SSSR count). The number of esters is 1. The van der Waals surface area contributed by atoms with Crippen LogP contribution in [-0.4, -0.2) is 36.2 Å². The van der Waals surface area contributed by atoms with E-state index in [1.807, 2.05) is 6.08 Å². The number of benzene rings is 1. The number of carbonyl (C=O) groups is 3. The van der Waals surface area contributed by atoms with Gasteiger partial charge in [0.2, 0.25) is 0 Å². The number of ether oxygens (including phenoxy) is 1. The number of anilines is 1. The van der Waals surface area contributed by atoms with E-state index in [-0.39, 0.29) is 23.0 Å². The highest BCUT2D eigenvalue weighted by molar-refractivity contribution is 5.93. The summed E-state index contributed by atoms with van der Waals surface area (Å²) in [4.78, 5) is 40.9. The van der Waals surface area contributed by atoms with Gasteiger partial charge in [0.15, 0.2) is 17.2 Å². The van der Waals surface area contributed by atoms with Crippen molar-refractivity contribution in [3.8, 4) is 0 Å². The van der Waals surface area contributed by atoms with Crippen LogP contribution in [0.1, 0.15) is 90.0 Å². The number of fused-ring (bicyclic) bond motifs is 4. The molecule has 0 amide bonds. The second-order valence-corrected chi connectivity index (χ2v) is 12.6. The summed E-state index contributed by atoms with van der Waals surface area (Å²) in [5.41, 5.74) is 5.23. The van der Waals surface area contributed by atoms with Crippen molar-refractivity contribution >= 4 is 23.2 Å². The molecule has 0 spiro atoms. The van der Waals surface area contributed by atoms with Gasteiger partial charge < -0.3 is 9.64 Å². The summed E-state index contributed by atoms with van der Waals surface area (Å²) in [6, 6.07) is 8.56. The lowest BCUT2D eigenvalue weighted by Crippen LogP contribution is -2.56. The fraction of sp³-hybridized carbons (Fsp3) is 0.606. The third kappa shape index (κ3) is 4.17. The summed E-state index contributed by atoms with van der Waals surface area (Å²) < 4.78 is 6.29. The average molecular weight is 516 g/mol. The Morgan fingerprint density at radius 1 is 1.00 bits per heavy atom. The van der Waals surface area contributed by atoms with Crippen molar-refractivity contribution in [1.82, 2.24) is 0 Å². The molecule has 5 heteroatoms. The van der Waals surface area contributed by atoms with E-state index >= 15 is 0 Å². The van der Waals surface area contributed by atoms with Crippen LogP contribution >= 0.6 is 0 Å². The minimum Gasteiger partial charge on any atom is -0.450 e. The van der Waals surface area contributed by atoms with E-state index in [2.05, 4.69) is 36.1 Å². The molecule has 1 aliphatic heterocycles. The smallest absolute Gasteiger partial charge is 0.307 e. The quantitative estimate of drug-likeness (QED) is 0.416. The topological polar surface area (TPSA) is 63.7 Å². The molecule has 5 aliphatic rings. The summed E-state index contributed by atoms with van der Waals surface area (Å²) in [6.45, 7) is 6.08. The lowest BCUT2D eigenvalue weighted by atomic mass is 9.54. The summed E-state index contributed by atoms with van der Waals surface area (Å²) in [5.74, 6) is 0.779. The number of Topliss-reactive ketones (excluding diaryl/α,β-unsaturated/α-hetero) is 1. The van der Waals surface area contributed by atoms with Crippen LogP contribution in [0.4, 0.5) is 5.69 Å². The Kier molecular flexibility index (Phi) is 6.60. The molecule has 0 aromatic heterocycles. The van der Waals surface area contributed by atoms with Gasteiger partial charge in [0.05, 0.1) is 0 Å². The zero-order chi connectivity index (χ0) is 26.5. The van der Waals surface area contributed by atoms with E-state index in [1.54, 1.807) is 6.92 Å². The van der Waals surface area contributed by atoms with Crippen LogP contribution in [0.25, 0.3) is 0 Å². The highest BCUT2D eigenvalue weighted by Crippen LogP contribution is 2.64. The van der Waals surface area contributed by atoms with E-state index in [0.29, 0.717) is 37.5 Å². The minimum absolute atomic E-state index is 0.00146. The lowest BCUT2D eigenvalue weighted by molar-refractivity contribution is -0.183. The highest BCUT2D eigenvalue weighted by Gasteiger charge is 2.65. The van der Waals surface area contributed by atoms with Gasteiger partial charge in [-0.15, -0.1) is 0 Å². The van der Waals surface area contributed by atoms with Crippen LogP contribution in [0.15, 0.2) is 47.1 Å². The van der Waals surface area contributed by atoms with Crippen LogP contribution in [0, 0.1) is 17.3 Å². The van der Waals surface area contributed by atoms with Crippen molar-refractivity contribution in [2.75, 3.05) is 18.0 Å². The number of carbonyl (C=O) groups excluding carboxylic acids is 3. The van der Waals surface area contributed by atoms with E-state index in [9.17, 15) is 14.4 Å². The largest absolute Gasteiger partial charge is 0.450 e. The summed E-state index contributed by atoms with van der Waals surface area (Å²) >= 11 is 0. The lowest BCUT2D eigenvalue weighted by Gasteiger charge is -2.52. The van der Waals surface area contributed by atoms with Crippen LogP contribution < -0.4 is 4.90 Å². The molecule has 0 radical (unpaired) electrons. The Labute approximate surface area is 226 Å². The maximum atomic E-state index is 13.3. The molecule has 1 aromatic rings.